The van der Waals surface area contributed by atoms with Crippen molar-refractivity contribution >= 4 is 11.5 Å². The molecule has 3 rings (SSSR count). The lowest BCUT2D eigenvalue weighted by Gasteiger charge is -2.15. The van der Waals surface area contributed by atoms with Gasteiger partial charge in [-0.3, -0.25) is 4.68 Å². The van der Waals surface area contributed by atoms with Gasteiger partial charge in [-0.15, -0.1) is 5.10 Å². The summed E-state index contributed by atoms with van der Waals surface area (Å²) in [7, 11) is 3.95. The quantitative estimate of drug-likeness (QED) is 0.722. The molecule has 110 valence electrons. The van der Waals surface area contributed by atoms with Crippen molar-refractivity contribution in [2.45, 2.75) is 19.8 Å². The molecule has 0 aromatic carbocycles. The second-order valence-corrected chi connectivity index (χ2v) is 5.33. The molecule has 6 heteroatoms. The van der Waals surface area contributed by atoms with E-state index in [-0.39, 0.29) is 0 Å². The van der Waals surface area contributed by atoms with Crippen LogP contribution in [0.5, 0.6) is 0 Å². The monoisotopic (exact) mass is 284 g/mol. The lowest BCUT2D eigenvalue weighted by atomic mass is 10.2. The molecule has 0 fully saturated rings. The van der Waals surface area contributed by atoms with Crippen molar-refractivity contribution in [3.8, 4) is 11.1 Å². The van der Waals surface area contributed by atoms with Gasteiger partial charge in [0.05, 0.1) is 17.9 Å². The maximum absolute atomic E-state index is 4.59. The van der Waals surface area contributed by atoms with E-state index < -0.39 is 0 Å². The van der Waals surface area contributed by atoms with Crippen molar-refractivity contribution in [3.63, 3.8) is 0 Å². The van der Waals surface area contributed by atoms with E-state index in [0.717, 1.165) is 35.6 Å². The Bertz CT molecular complexity index is 742. The molecule has 0 aliphatic rings. The van der Waals surface area contributed by atoms with E-state index in [2.05, 4.69) is 33.1 Å². The van der Waals surface area contributed by atoms with Crippen LogP contribution in [0.3, 0.4) is 0 Å². The van der Waals surface area contributed by atoms with E-state index in [1.807, 2.05) is 43.4 Å². The molecule has 0 spiro atoms. The molecular formula is C15H20N6. The molecule has 3 aromatic heterocycles. The lowest BCUT2D eigenvalue weighted by molar-refractivity contribution is 0.735. The van der Waals surface area contributed by atoms with Gasteiger partial charge in [-0.25, -0.2) is 9.50 Å². The van der Waals surface area contributed by atoms with Gasteiger partial charge in [0.25, 0.3) is 0 Å². The third-order valence-corrected chi connectivity index (χ3v) is 3.57. The zero-order valence-electron chi connectivity index (χ0n) is 12.7. The standard InChI is InChI=1S/C15H20N6/c1-4-5-6-19(2)15-16-9-14-7-12(11-21(14)18-15)13-8-17-20(3)10-13/h7-11H,4-6H2,1-3H3. The molecule has 6 nitrogen and oxygen atoms in total. The van der Waals surface area contributed by atoms with Crippen LogP contribution in [0.25, 0.3) is 16.6 Å². The summed E-state index contributed by atoms with van der Waals surface area (Å²) in [6.45, 7) is 3.16. The molecule has 0 bridgehead atoms. The van der Waals surface area contributed by atoms with E-state index in [1.165, 1.54) is 6.42 Å². The van der Waals surface area contributed by atoms with Gasteiger partial charge in [0, 0.05) is 44.2 Å². The normalized spacial score (nSPS) is 11.2. The molecule has 0 unspecified atom stereocenters. The summed E-state index contributed by atoms with van der Waals surface area (Å²) in [5.74, 6) is 0.754. The van der Waals surface area contributed by atoms with Gasteiger partial charge in [-0.1, -0.05) is 13.3 Å². The molecule has 3 heterocycles. The first-order valence-electron chi connectivity index (χ1n) is 7.23. The number of unbranched alkanes of at least 4 members (excludes halogenated alkanes) is 1. The van der Waals surface area contributed by atoms with Crippen molar-refractivity contribution in [2.24, 2.45) is 7.05 Å². The van der Waals surface area contributed by atoms with Gasteiger partial charge in [-0.05, 0) is 12.5 Å². The highest BCUT2D eigenvalue weighted by atomic mass is 15.3. The molecule has 3 aromatic rings. The molecule has 0 aliphatic heterocycles. The summed E-state index contributed by atoms with van der Waals surface area (Å²) in [5.41, 5.74) is 3.18. The molecular weight excluding hydrogens is 264 g/mol. The third kappa shape index (κ3) is 2.74. The zero-order valence-corrected chi connectivity index (χ0v) is 12.7. The van der Waals surface area contributed by atoms with Crippen LogP contribution < -0.4 is 4.90 Å². The summed E-state index contributed by atoms with van der Waals surface area (Å²) in [6, 6.07) is 2.08. The van der Waals surface area contributed by atoms with Crippen LogP contribution in [-0.2, 0) is 7.05 Å². The van der Waals surface area contributed by atoms with Crippen LogP contribution in [0.1, 0.15) is 19.8 Å². The Morgan fingerprint density at radius 3 is 2.76 bits per heavy atom. The number of nitrogens with zero attached hydrogens (tertiary/aromatic N) is 6. The SMILES string of the molecule is CCCCN(C)c1ncc2cc(-c3cnn(C)c3)cn2n1. The number of aryl methyl sites for hydroxylation is 1. The van der Waals surface area contributed by atoms with Crippen molar-refractivity contribution < 1.29 is 0 Å². The number of aromatic nitrogens is 5. The molecule has 0 atom stereocenters. The summed E-state index contributed by atoms with van der Waals surface area (Å²) < 4.78 is 3.68. The highest BCUT2D eigenvalue weighted by Gasteiger charge is 2.08. The predicted octanol–water partition coefficient (Wildman–Crippen LogP) is 2.37. The van der Waals surface area contributed by atoms with Crippen molar-refractivity contribution in [3.05, 3.63) is 30.9 Å². The van der Waals surface area contributed by atoms with E-state index in [0.29, 0.717) is 0 Å². The number of anilines is 1. The second kappa shape index (κ2) is 5.55. The molecule has 0 radical (unpaired) electrons. The molecule has 0 aliphatic carbocycles. The van der Waals surface area contributed by atoms with E-state index in [1.54, 1.807) is 4.68 Å². The predicted molar refractivity (Wildman–Crippen MR) is 83.4 cm³/mol. The zero-order chi connectivity index (χ0) is 14.8. The average molecular weight is 284 g/mol. The highest BCUT2D eigenvalue weighted by Crippen LogP contribution is 2.21. The maximum Gasteiger partial charge on any atom is 0.243 e. The van der Waals surface area contributed by atoms with Crippen molar-refractivity contribution in [2.75, 3.05) is 18.5 Å². The van der Waals surface area contributed by atoms with Gasteiger partial charge in [0.1, 0.15) is 0 Å². The van der Waals surface area contributed by atoms with Gasteiger partial charge in [0.2, 0.25) is 5.95 Å². The summed E-state index contributed by atoms with van der Waals surface area (Å²) in [4.78, 5) is 6.54. The van der Waals surface area contributed by atoms with E-state index in [4.69, 9.17) is 0 Å². The largest absolute Gasteiger partial charge is 0.343 e. The number of hydrogen-bond acceptors (Lipinski definition) is 4. The van der Waals surface area contributed by atoms with Crippen LogP contribution >= 0.6 is 0 Å². The first-order valence-corrected chi connectivity index (χ1v) is 7.23. The summed E-state index contributed by atoms with van der Waals surface area (Å²) in [5, 5.41) is 8.79. The number of hydrogen-bond donors (Lipinski definition) is 0. The fourth-order valence-electron chi connectivity index (χ4n) is 2.30. The minimum absolute atomic E-state index is 0.754. The first-order chi connectivity index (χ1) is 10.2. The van der Waals surface area contributed by atoms with Crippen LogP contribution in [0.4, 0.5) is 5.95 Å². The Kier molecular flexibility index (Phi) is 3.60. The Morgan fingerprint density at radius 2 is 2.05 bits per heavy atom. The van der Waals surface area contributed by atoms with E-state index >= 15 is 0 Å². The van der Waals surface area contributed by atoms with Crippen LogP contribution in [0, 0.1) is 0 Å². The Hall–Kier alpha value is -2.37. The van der Waals surface area contributed by atoms with Crippen molar-refractivity contribution in [1.29, 1.82) is 0 Å². The van der Waals surface area contributed by atoms with Gasteiger partial charge in [-0.2, -0.15) is 5.10 Å². The Balaban J connectivity index is 1.91. The molecule has 0 saturated carbocycles. The second-order valence-electron chi connectivity index (χ2n) is 5.33. The topological polar surface area (TPSA) is 51.2 Å². The first kappa shape index (κ1) is 13.6. The minimum Gasteiger partial charge on any atom is -0.343 e. The lowest BCUT2D eigenvalue weighted by Crippen LogP contribution is -2.21. The minimum atomic E-state index is 0.754. The number of rotatable bonds is 5. The third-order valence-electron chi connectivity index (χ3n) is 3.57. The molecule has 0 N–H and O–H groups in total. The highest BCUT2D eigenvalue weighted by molar-refractivity contribution is 5.68. The number of fused-ring (bicyclic) bond motifs is 1. The van der Waals surface area contributed by atoms with Crippen LogP contribution in [-0.4, -0.2) is 38.0 Å². The Morgan fingerprint density at radius 1 is 1.19 bits per heavy atom. The van der Waals surface area contributed by atoms with E-state index in [9.17, 15) is 0 Å². The fraction of sp³-hybridized carbons (Fsp3) is 0.400. The molecule has 21 heavy (non-hydrogen) atoms. The molecule has 0 amide bonds. The van der Waals surface area contributed by atoms with Crippen LogP contribution in [0.2, 0.25) is 0 Å². The van der Waals surface area contributed by atoms with Gasteiger partial charge in [0.15, 0.2) is 0 Å². The Labute approximate surface area is 124 Å². The summed E-state index contributed by atoms with van der Waals surface area (Å²) in [6.07, 6.45) is 10.1. The fourth-order valence-corrected chi connectivity index (χ4v) is 2.30. The smallest absolute Gasteiger partial charge is 0.243 e. The van der Waals surface area contributed by atoms with Gasteiger partial charge < -0.3 is 4.90 Å². The van der Waals surface area contributed by atoms with Crippen molar-refractivity contribution in [1.82, 2.24) is 24.4 Å². The van der Waals surface area contributed by atoms with Crippen LogP contribution in [0.15, 0.2) is 30.9 Å². The average Bonchev–Trinajstić information content (AvgIpc) is 3.09. The van der Waals surface area contributed by atoms with Gasteiger partial charge >= 0.3 is 0 Å². The molecule has 0 saturated heterocycles. The maximum atomic E-state index is 4.59. The summed E-state index contributed by atoms with van der Waals surface area (Å²) >= 11 is 0.